The fraction of sp³-hybridized carbons (Fsp3) is 0.556. The fourth-order valence-corrected chi connectivity index (χ4v) is 3.66. The lowest BCUT2D eigenvalue weighted by atomic mass is 9.85. The van der Waals surface area contributed by atoms with E-state index in [4.69, 9.17) is 5.73 Å². The van der Waals surface area contributed by atoms with Gasteiger partial charge in [0.1, 0.15) is 5.75 Å². The highest BCUT2D eigenvalue weighted by atomic mass is 35.5. The topological polar surface area (TPSA) is 86.9 Å². The Morgan fingerprint density at radius 3 is 2.40 bits per heavy atom. The summed E-state index contributed by atoms with van der Waals surface area (Å²) in [5.74, 6) is 0.220. The highest BCUT2D eigenvalue weighted by Gasteiger charge is 2.31. The van der Waals surface area contributed by atoms with Crippen LogP contribution in [0, 0.1) is 5.92 Å². The third-order valence-electron chi connectivity index (χ3n) is 5.04. The molecule has 3 N–H and O–H groups in total. The highest BCUT2D eigenvalue weighted by molar-refractivity contribution is 5.94. The first-order valence-electron chi connectivity index (χ1n) is 8.67. The lowest BCUT2D eigenvalue weighted by molar-refractivity contribution is -0.138. The molecule has 0 radical (unpaired) electrons. The van der Waals surface area contributed by atoms with Crippen molar-refractivity contribution in [1.29, 1.82) is 0 Å². The lowest BCUT2D eigenvalue weighted by Gasteiger charge is -2.37. The van der Waals surface area contributed by atoms with Crippen LogP contribution in [-0.4, -0.2) is 58.9 Å². The van der Waals surface area contributed by atoms with Crippen molar-refractivity contribution in [2.24, 2.45) is 11.7 Å². The number of hydrogen-bond acceptors (Lipinski definition) is 4. The van der Waals surface area contributed by atoms with Gasteiger partial charge >= 0.3 is 0 Å². The Hall–Kier alpha value is -1.79. The Labute approximate surface area is 154 Å². The molecule has 1 saturated heterocycles. The molecule has 1 saturated carbocycles. The van der Waals surface area contributed by atoms with Crippen molar-refractivity contribution >= 4 is 24.2 Å². The first-order chi connectivity index (χ1) is 11.5. The van der Waals surface area contributed by atoms with E-state index >= 15 is 0 Å². The van der Waals surface area contributed by atoms with Crippen molar-refractivity contribution in [2.75, 3.05) is 26.2 Å². The number of amides is 2. The van der Waals surface area contributed by atoms with Crippen LogP contribution < -0.4 is 5.73 Å². The van der Waals surface area contributed by atoms with Gasteiger partial charge in [-0.25, -0.2) is 0 Å². The molecule has 1 aromatic rings. The van der Waals surface area contributed by atoms with Gasteiger partial charge in [-0.2, -0.15) is 0 Å². The molecule has 0 bridgehead atoms. The van der Waals surface area contributed by atoms with Crippen LogP contribution >= 0.6 is 12.4 Å². The summed E-state index contributed by atoms with van der Waals surface area (Å²) in [4.78, 5) is 28.7. The second-order valence-corrected chi connectivity index (χ2v) is 6.79. The first kappa shape index (κ1) is 19.5. The predicted molar refractivity (Wildman–Crippen MR) is 97.8 cm³/mol. The van der Waals surface area contributed by atoms with Gasteiger partial charge in [0.15, 0.2) is 0 Å². The second-order valence-electron chi connectivity index (χ2n) is 6.79. The summed E-state index contributed by atoms with van der Waals surface area (Å²) in [6, 6.07) is 6.52. The number of carbonyl (C=O) groups is 2. The Morgan fingerprint density at radius 1 is 1.08 bits per heavy atom. The second kappa shape index (κ2) is 8.54. The molecule has 1 aliphatic carbocycles. The van der Waals surface area contributed by atoms with Crippen LogP contribution in [0.15, 0.2) is 24.3 Å². The van der Waals surface area contributed by atoms with Crippen molar-refractivity contribution < 1.29 is 14.7 Å². The molecule has 1 heterocycles. The lowest BCUT2D eigenvalue weighted by Crippen LogP contribution is -2.52. The third kappa shape index (κ3) is 4.64. The summed E-state index contributed by atoms with van der Waals surface area (Å²) in [7, 11) is 0. The van der Waals surface area contributed by atoms with Gasteiger partial charge in [0, 0.05) is 43.7 Å². The Balaban J connectivity index is 0.00000225. The molecule has 2 unspecified atom stereocenters. The number of phenols is 1. The zero-order valence-electron chi connectivity index (χ0n) is 14.3. The van der Waals surface area contributed by atoms with Crippen LogP contribution in [-0.2, 0) is 4.79 Å². The molecule has 0 aromatic heterocycles. The van der Waals surface area contributed by atoms with E-state index in [9.17, 15) is 14.7 Å². The molecular weight excluding hydrogens is 342 g/mol. The summed E-state index contributed by atoms with van der Waals surface area (Å²) in [6.07, 6.45) is 3.74. The van der Waals surface area contributed by atoms with Crippen LogP contribution in [0.5, 0.6) is 5.75 Å². The standard InChI is InChI=1S/C18H25N3O3.ClH/c19-15-5-1-3-13(11-15)17(23)20-7-9-21(10-8-20)18(24)14-4-2-6-16(22)12-14;/h2,4,6,12-13,15,22H,1,3,5,7-11,19H2;1H. The maximum absolute atomic E-state index is 12.6. The number of aromatic hydroxyl groups is 1. The van der Waals surface area contributed by atoms with Crippen LogP contribution in [0.25, 0.3) is 0 Å². The normalized spacial score (nSPS) is 23.7. The number of nitrogens with two attached hydrogens (primary N) is 1. The molecule has 0 spiro atoms. The van der Waals surface area contributed by atoms with Gasteiger partial charge in [0.05, 0.1) is 0 Å². The molecule has 2 aliphatic rings. The van der Waals surface area contributed by atoms with E-state index in [2.05, 4.69) is 0 Å². The van der Waals surface area contributed by atoms with Gasteiger partial charge in [-0.15, -0.1) is 12.4 Å². The monoisotopic (exact) mass is 367 g/mol. The highest BCUT2D eigenvalue weighted by Crippen LogP contribution is 2.25. The Kier molecular flexibility index (Phi) is 6.67. The first-order valence-corrected chi connectivity index (χ1v) is 8.67. The minimum Gasteiger partial charge on any atom is -0.508 e. The summed E-state index contributed by atoms with van der Waals surface area (Å²) in [6.45, 7) is 2.18. The van der Waals surface area contributed by atoms with E-state index in [1.165, 1.54) is 6.07 Å². The van der Waals surface area contributed by atoms with Gasteiger partial charge in [0.25, 0.3) is 5.91 Å². The van der Waals surface area contributed by atoms with Crippen molar-refractivity contribution in [3.05, 3.63) is 29.8 Å². The number of rotatable bonds is 2. The van der Waals surface area contributed by atoms with Gasteiger partial charge in [-0.1, -0.05) is 12.5 Å². The van der Waals surface area contributed by atoms with Gasteiger partial charge in [-0.3, -0.25) is 9.59 Å². The summed E-state index contributed by atoms with van der Waals surface area (Å²) in [5, 5.41) is 9.51. The number of piperazine rings is 1. The Bertz CT molecular complexity index is 617. The number of phenolic OH excluding ortho intramolecular Hbond substituents is 1. The molecule has 2 atom stereocenters. The zero-order valence-corrected chi connectivity index (χ0v) is 15.1. The minimum absolute atomic E-state index is 0. The smallest absolute Gasteiger partial charge is 0.254 e. The molecule has 2 amide bonds. The third-order valence-corrected chi connectivity index (χ3v) is 5.04. The van der Waals surface area contributed by atoms with Crippen molar-refractivity contribution in [1.82, 2.24) is 9.80 Å². The molecule has 6 nitrogen and oxygen atoms in total. The number of carbonyl (C=O) groups excluding carboxylic acids is 2. The summed E-state index contributed by atoms with van der Waals surface area (Å²) >= 11 is 0. The SMILES string of the molecule is Cl.NC1CCCC(C(=O)N2CCN(C(=O)c3cccc(O)c3)CC2)C1. The average Bonchev–Trinajstić information content (AvgIpc) is 2.60. The number of hydrogen-bond donors (Lipinski definition) is 2. The maximum Gasteiger partial charge on any atom is 0.254 e. The molecule has 2 fully saturated rings. The number of halogens is 1. The largest absolute Gasteiger partial charge is 0.508 e. The van der Waals surface area contributed by atoms with E-state index in [1.54, 1.807) is 23.1 Å². The van der Waals surface area contributed by atoms with Crippen LogP contribution in [0.1, 0.15) is 36.0 Å². The molecular formula is C18H26ClN3O3. The van der Waals surface area contributed by atoms with E-state index in [-0.39, 0.29) is 41.9 Å². The van der Waals surface area contributed by atoms with E-state index in [0.717, 1.165) is 25.7 Å². The van der Waals surface area contributed by atoms with Crippen LogP contribution in [0.4, 0.5) is 0 Å². The molecule has 7 heteroatoms. The molecule has 3 rings (SSSR count). The zero-order chi connectivity index (χ0) is 17.1. The molecule has 1 aliphatic heterocycles. The molecule has 1 aromatic carbocycles. The Morgan fingerprint density at radius 2 is 1.76 bits per heavy atom. The maximum atomic E-state index is 12.6. The fourth-order valence-electron chi connectivity index (χ4n) is 3.66. The number of benzene rings is 1. The summed E-state index contributed by atoms with van der Waals surface area (Å²) in [5.41, 5.74) is 6.47. The van der Waals surface area contributed by atoms with Crippen molar-refractivity contribution in [2.45, 2.75) is 31.7 Å². The van der Waals surface area contributed by atoms with E-state index < -0.39 is 0 Å². The van der Waals surface area contributed by atoms with Crippen LogP contribution in [0.2, 0.25) is 0 Å². The van der Waals surface area contributed by atoms with Gasteiger partial charge in [-0.05, 0) is 37.5 Å². The predicted octanol–water partition coefficient (Wildman–Crippen LogP) is 1.62. The van der Waals surface area contributed by atoms with Crippen LogP contribution in [0.3, 0.4) is 0 Å². The molecule has 138 valence electrons. The van der Waals surface area contributed by atoms with E-state index in [1.807, 2.05) is 4.90 Å². The van der Waals surface area contributed by atoms with Gasteiger partial charge < -0.3 is 20.6 Å². The van der Waals surface area contributed by atoms with E-state index in [0.29, 0.717) is 31.7 Å². The average molecular weight is 368 g/mol. The van der Waals surface area contributed by atoms with Crippen molar-refractivity contribution in [3.63, 3.8) is 0 Å². The number of nitrogens with zero attached hydrogens (tertiary/aromatic N) is 2. The minimum atomic E-state index is -0.0994. The summed E-state index contributed by atoms with van der Waals surface area (Å²) < 4.78 is 0. The molecule has 25 heavy (non-hydrogen) atoms. The quantitative estimate of drug-likeness (QED) is 0.831. The van der Waals surface area contributed by atoms with Gasteiger partial charge in [0.2, 0.25) is 5.91 Å². The van der Waals surface area contributed by atoms with Crippen molar-refractivity contribution in [3.8, 4) is 5.75 Å².